The average molecular weight is 327 g/mol. The lowest BCUT2D eigenvalue weighted by molar-refractivity contribution is -0.121. The zero-order valence-corrected chi connectivity index (χ0v) is 12.9. The third-order valence-corrected chi connectivity index (χ3v) is 3.62. The Morgan fingerprint density at radius 3 is 2.88 bits per heavy atom. The minimum absolute atomic E-state index is 0.0515. The largest absolute Gasteiger partial charge is 0.389 e. The zero-order chi connectivity index (χ0) is 16.9. The van der Waals surface area contributed by atoms with Crippen LogP contribution in [0.2, 0.25) is 0 Å². The highest BCUT2D eigenvalue weighted by Crippen LogP contribution is 2.17. The number of para-hydroxylation sites is 1. The maximum absolute atomic E-state index is 12.0. The number of hydrogen-bond donors (Lipinski definition) is 2. The van der Waals surface area contributed by atoms with Crippen molar-refractivity contribution in [2.24, 2.45) is 0 Å². The second-order valence-corrected chi connectivity index (χ2v) is 5.45. The average Bonchev–Trinajstić information content (AvgIpc) is 2.98. The summed E-state index contributed by atoms with van der Waals surface area (Å²) in [4.78, 5) is 23.6. The Hall–Kier alpha value is -2.93. The van der Waals surface area contributed by atoms with E-state index in [0.29, 0.717) is 11.3 Å². The van der Waals surface area contributed by atoms with Crippen molar-refractivity contribution in [3.8, 4) is 0 Å². The van der Waals surface area contributed by atoms with Crippen LogP contribution in [-0.4, -0.2) is 33.4 Å². The van der Waals surface area contributed by atoms with Crippen molar-refractivity contribution in [3.05, 3.63) is 64.7 Å². The number of carbonyl (C=O) groups excluding carboxylic acids is 1. The number of aliphatic hydroxyl groups is 1. The lowest BCUT2D eigenvalue weighted by Gasteiger charge is -2.13. The first-order chi connectivity index (χ1) is 11.6. The summed E-state index contributed by atoms with van der Waals surface area (Å²) in [6, 6.07) is 12.1. The number of carbonyl (C=O) groups is 1. The van der Waals surface area contributed by atoms with Crippen LogP contribution >= 0.6 is 0 Å². The number of nitrogens with one attached hydrogen (secondary N) is 1. The van der Waals surface area contributed by atoms with E-state index in [1.54, 1.807) is 24.4 Å². The zero-order valence-electron chi connectivity index (χ0n) is 12.9. The maximum atomic E-state index is 12.0. The van der Waals surface area contributed by atoms with Crippen molar-refractivity contribution in [1.29, 1.82) is 0 Å². The third kappa shape index (κ3) is 3.69. The number of nitrogens with zero attached hydrogens (tertiary/aromatic N) is 2. The van der Waals surface area contributed by atoms with E-state index in [4.69, 9.17) is 4.52 Å². The Labute approximate surface area is 137 Å². The Morgan fingerprint density at radius 2 is 2.04 bits per heavy atom. The standard InChI is InChI=1S/C17H17N3O4/c21-12(11-20-8-4-3-7-17(20)23)10-18-16(22)9-14-13-5-1-2-6-15(13)24-19-14/h1-8,12,21H,9-11H2,(H,18,22). The summed E-state index contributed by atoms with van der Waals surface area (Å²) in [7, 11) is 0. The van der Waals surface area contributed by atoms with Gasteiger partial charge in [-0.1, -0.05) is 23.4 Å². The van der Waals surface area contributed by atoms with Gasteiger partial charge >= 0.3 is 0 Å². The summed E-state index contributed by atoms with van der Waals surface area (Å²) in [5, 5.41) is 17.3. The minimum atomic E-state index is -0.858. The molecule has 0 radical (unpaired) electrons. The van der Waals surface area contributed by atoms with E-state index in [9.17, 15) is 14.7 Å². The number of hydrogen-bond acceptors (Lipinski definition) is 5. The van der Waals surface area contributed by atoms with E-state index in [1.165, 1.54) is 10.6 Å². The van der Waals surface area contributed by atoms with Crippen molar-refractivity contribution < 1.29 is 14.4 Å². The lowest BCUT2D eigenvalue weighted by Crippen LogP contribution is -2.37. The van der Waals surface area contributed by atoms with Crippen LogP contribution in [0.3, 0.4) is 0 Å². The van der Waals surface area contributed by atoms with Gasteiger partial charge in [0, 0.05) is 24.2 Å². The predicted molar refractivity (Wildman–Crippen MR) is 87.4 cm³/mol. The Bertz CT molecular complexity index is 900. The smallest absolute Gasteiger partial charge is 0.250 e. The topological polar surface area (TPSA) is 97.4 Å². The Kier molecular flexibility index (Phi) is 4.72. The van der Waals surface area contributed by atoms with Crippen molar-refractivity contribution in [1.82, 2.24) is 15.0 Å². The van der Waals surface area contributed by atoms with Crippen molar-refractivity contribution in [3.63, 3.8) is 0 Å². The van der Waals surface area contributed by atoms with Gasteiger partial charge in [-0.3, -0.25) is 9.59 Å². The molecule has 1 unspecified atom stereocenters. The summed E-state index contributed by atoms with van der Waals surface area (Å²) in [5.74, 6) is -0.270. The molecule has 2 heterocycles. The van der Waals surface area contributed by atoms with Crippen molar-refractivity contribution in [2.45, 2.75) is 19.1 Å². The molecule has 1 atom stereocenters. The van der Waals surface area contributed by atoms with Crippen LogP contribution in [0.5, 0.6) is 0 Å². The molecule has 3 aromatic rings. The fourth-order valence-corrected chi connectivity index (χ4v) is 2.41. The minimum Gasteiger partial charge on any atom is -0.389 e. The van der Waals surface area contributed by atoms with Gasteiger partial charge in [0.1, 0.15) is 5.69 Å². The second kappa shape index (κ2) is 7.10. The number of aromatic nitrogens is 2. The molecular formula is C17H17N3O4. The molecule has 7 nitrogen and oxygen atoms in total. The molecule has 2 aromatic heterocycles. The SMILES string of the molecule is O=C(Cc1noc2ccccc12)NCC(O)Cn1ccccc1=O. The molecule has 0 saturated carbocycles. The van der Waals surface area contributed by atoms with Crippen molar-refractivity contribution >= 4 is 16.9 Å². The summed E-state index contributed by atoms with van der Waals surface area (Å²) in [6.07, 6.45) is 0.798. The monoisotopic (exact) mass is 327 g/mol. The van der Waals surface area contributed by atoms with E-state index >= 15 is 0 Å². The van der Waals surface area contributed by atoms with Gasteiger partial charge in [0.2, 0.25) is 5.91 Å². The van der Waals surface area contributed by atoms with E-state index in [2.05, 4.69) is 10.5 Å². The third-order valence-electron chi connectivity index (χ3n) is 3.62. The van der Waals surface area contributed by atoms with Crippen molar-refractivity contribution in [2.75, 3.05) is 6.54 Å². The Balaban J connectivity index is 1.54. The first-order valence-electron chi connectivity index (χ1n) is 7.57. The molecule has 0 aliphatic heterocycles. The summed E-state index contributed by atoms with van der Waals surface area (Å²) in [5.41, 5.74) is 0.984. The number of benzene rings is 1. The molecule has 0 fully saturated rings. The van der Waals surface area contributed by atoms with E-state index in [0.717, 1.165) is 5.39 Å². The quantitative estimate of drug-likeness (QED) is 0.695. The molecule has 1 amide bonds. The number of amides is 1. The molecule has 0 aliphatic rings. The molecule has 2 N–H and O–H groups in total. The summed E-state index contributed by atoms with van der Waals surface area (Å²) in [6.45, 7) is 0.169. The lowest BCUT2D eigenvalue weighted by atomic mass is 10.1. The van der Waals surface area contributed by atoms with Gasteiger partial charge in [-0.05, 0) is 18.2 Å². The van der Waals surface area contributed by atoms with Gasteiger partial charge in [0.05, 0.1) is 19.1 Å². The first kappa shape index (κ1) is 15.9. The van der Waals surface area contributed by atoms with Crippen LogP contribution in [0.1, 0.15) is 5.69 Å². The maximum Gasteiger partial charge on any atom is 0.250 e. The van der Waals surface area contributed by atoms with Gasteiger partial charge in [0.15, 0.2) is 5.58 Å². The van der Waals surface area contributed by atoms with E-state index < -0.39 is 6.10 Å². The van der Waals surface area contributed by atoms with Gasteiger partial charge in [-0.25, -0.2) is 0 Å². The molecule has 1 aromatic carbocycles. The van der Waals surface area contributed by atoms with Crippen LogP contribution in [-0.2, 0) is 17.8 Å². The van der Waals surface area contributed by atoms with E-state index in [-0.39, 0.29) is 31.0 Å². The van der Waals surface area contributed by atoms with Gasteiger partial charge in [-0.15, -0.1) is 0 Å². The molecule has 7 heteroatoms. The summed E-state index contributed by atoms with van der Waals surface area (Å²) < 4.78 is 6.54. The second-order valence-electron chi connectivity index (χ2n) is 5.45. The molecule has 24 heavy (non-hydrogen) atoms. The highest BCUT2D eigenvalue weighted by Gasteiger charge is 2.13. The molecule has 0 bridgehead atoms. The number of rotatable bonds is 6. The summed E-state index contributed by atoms with van der Waals surface area (Å²) >= 11 is 0. The molecule has 0 saturated heterocycles. The molecule has 0 spiro atoms. The van der Waals surface area contributed by atoms with E-state index in [1.807, 2.05) is 18.2 Å². The fraction of sp³-hybridized carbons (Fsp3) is 0.235. The van der Waals surface area contributed by atoms with Crippen LogP contribution in [0.25, 0.3) is 11.0 Å². The van der Waals surface area contributed by atoms with Gasteiger partial charge < -0.3 is 19.5 Å². The van der Waals surface area contributed by atoms with Crippen LogP contribution in [0, 0.1) is 0 Å². The first-order valence-corrected chi connectivity index (χ1v) is 7.57. The number of pyridine rings is 1. The number of fused-ring (bicyclic) bond motifs is 1. The predicted octanol–water partition coefficient (Wildman–Crippen LogP) is 0.709. The normalized spacial score (nSPS) is 12.2. The molecular weight excluding hydrogens is 310 g/mol. The molecule has 124 valence electrons. The van der Waals surface area contributed by atoms with Gasteiger partial charge in [0.25, 0.3) is 5.56 Å². The highest BCUT2D eigenvalue weighted by molar-refractivity contribution is 5.86. The molecule has 0 aliphatic carbocycles. The molecule has 3 rings (SSSR count). The number of aliphatic hydroxyl groups excluding tert-OH is 1. The van der Waals surface area contributed by atoms with Crippen LogP contribution in [0.15, 0.2) is 58.0 Å². The van der Waals surface area contributed by atoms with Gasteiger partial charge in [-0.2, -0.15) is 0 Å². The fourth-order valence-electron chi connectivity index (χ4n) is 2.41. The Morgan fingerprint density at radius 1 is 1.25 bits per heavy atom. The van der Waals surface area contributed by atoms with Crippen LogP contribution in [0.4, 0.5) is 0 Å². The van der Waals surface area contributed by atoms with Crippen LogP contribution < -0.4 is 10.9 Å². The highest BCUT2D eigenvalue weighted by atomic mass is 16.5.